The number of Topliss-reactive ketones (excluding diaryl/α,β-unsaturated/α-hetero) is 1. The molecule has 0 amide bonds. The lowest BCUT2D eigenvalue weighted by molar-refractivity contribution is 0.0595. The van der Waals surface area contributed by atoms with Gasteiger partial charge < -0.3 is 9.47 Å². The molecular weight excluding hydrogens is 232 g/mol. The minimum absolute atomic E-state index is 0.0564. The highest BCUT2D eigenvalue weighted by Crippen LogP contribution is 2.36. The molecule has 1 aromatic rings. The molecule has 1 aliphatic rings. The van der Waals surface area contributed by atoms with Crippen LogP contribution >= 0.6 is 11.6 Å². The first-order valence-corrected chi connectivity index (χ1v) is 5.01. The van der Waals surface area contributed by atoms with Crippen molar-refractivity contribution in [2.24, 2.45) is 0 Å². The van der Waals surface area contributed by atoms with Crippen molar-refractivity contribution in [1.82, 2.24) is 0 Å². The second kappa shape index (κ2) is 3.79. The topological polar surface area (TPSA) is 52.6 Å². The molecule has 0 bridgehead atoms. The SMILES string of the molecule is COC(=O)c1c(C)c(Cl)cc2c1OCC2=O. The van der Waals surface area contributed by atoms with Gasteiger partial charge >= 0.3 is 5.97 Å². The molecule has 5 heteroatoms. The number of carbonyl (C=O) groups excluding carboxylic acids is 2. The summed E-state index contributed by atoms with van der Waals surface area (Å²) in [7, 11) is 1.27. The summed E-state index contributed by atoms with van der Waals surface area (Å²) in [6.45, 7) is 1.63. The summed E-state index contributed by atoms with van der Waals surface area (Å²) in [5.41, 5.74) is 1.13. The highest BCUT2D eigenvalue weighted by molar-refractivity contribution is 6.32. The summed E-state index contributed by atoms with van der Waals surface area (Å²) >= 11 is 5.95. The second-order valence-electron chi connectivity index (χ2n) is 3.44. The van der Waals surface area contributed by atoms with Crippen molar-refractivity contribution in [1.29, 1.82) is 0 Å². The Labute approximate surface area is 97.1 Å². The number of esters is 1. The minimum atomic E-state index is -0.550. The van der Waals surface area contributed by atoms with E-state index in [0.717, 1.165) is 0 Å². The molecule has 0 N–H and O–H groups in total. The monoisotopic (exact) mass is 240 g/mol. The Morgan fingerprint density at radius 1 is 1.56 bits per heavy atom. The van der Waals surface area contributed by atoms with E-state index in [1.54, 1.807) is 6.92 Å². The van der Waals surface area contributed by atoms with Crippen LogP contribution in [0.1, 0.15) is 26.3 Å². The first kappa shape index (κ1) is 11.0. The number of ketones is 1. The molecular formula is C11H9ClO4. The van der Waals surface area contributed by atoms with Gasteiger partial charge in [0.25, 0.3) is 0 Å². The molecule has 16 heavy (non-hydrogen) atoms. The van der Waals surface area contributed by atoms with E-state index in [1.807, 2.05) is 0 Å². The van der Waals surface area contributed by atoms with Crippen molar-refractivity contribution >= 4 is 23.4 Å². The van der Waals surface area contributed by atoms with E-state index in [9.17, 15) is 9.59 Å². The molecule has 0 unspecified atom stereocenters. The van der Waals surface area contributed by atoms with Gasteiger partial charge in [-0.15, -0.1) is 0 Å². The Hall–Kier alpha value is -1.55. The molecule has 0 atom stereocenters. The Kier molecular flexibility index (Phi) is 2.59. The lowest BCUT2D eigenvalue weighted by Gasteiger charge is -2.10. The van der Waals surface area contributed by atoms with Crippen molar-refractivity contribution in [2.45, 2.75) is 6.92 Å². The van der Waals surface area contributed by atoms with Crippen molar-refractivity contribution in [3.8, 4) is 5.75 Å². The summed E-state index contributed by atoms with van der Waals surface area (Å²) < 4.78 is 9.84. The molecule has 0 saturated carbocycles. The van der Waals surface area contributed by atoms with E-state index in [0.29, 0.717) is 16.1 Å². The molecule has 0 saturated heterocycles. The minimum Gasteiger partial charge on any atom is -0.484 e. The van der Waals surface area contributed by atoms with Crippen LogP contribution < -0.4 is 4.74 Å². The number of hydrogen-bond acceptors (Lipinski definition) is 4. The third kappa shape index (κ3) is 1.46. The number of hydrogen-bond donors (Lipinski definition) is 0. The number of ether oxygens (including phenoxy) is 2. The predicted octanol–water partition coefficient (Wildman–Crippen LogP) is 2.01. The normalized spacial score (nSPS) is 13.3. The fourth-order valence-corrected chi connectivity index (χ4v) is 1.85. The van der Waals surface area contributed by atoms with Crippen LogP contribution in [0.25, 0.3) is 0 Å². The van der Waals surface area contributed by atoms with E-state index in [1.165, 1.54) is 13.2 Å². The number of carbonyl (C=O) groups is 2. The van der Waals surface area contributed by atoms with Gasteiger partial charge in [-0.1, -0.05) is 11.6 Å². The molecule has 1 heterocycles. The van der Waals surface area contributed by atoms with Gasteiger partial charge in [-0.2, -0.15) is 0 Å². The zero-order chi connectivity index (χ0) is 11.9. The van der Waals surface area contributed by atoms with E-state index in [-0.39, 0.29) is 23.7 Å². The molecule has 84 valence electrons. The number of rotatable bonds is 1. The van der Waals surface area contributed by atoms with Crippen molar-refractivity contribution in [3.05, 3.63) is 27.8 Å². The maximum absolute atomic E-state index is 11.6. The zero-order valence-corrected chi connectivity index (χ0v) is 9.55. The quantitative estimate of drug-likeness (QED) is 0.705. The van der Waals surface area contributed by atoms with E-state index in [2.05, 4.69) is 4.74 Å². The fraction of sp³-hybridized carbons (Fsp3) is 0.273. The maximum atomic E-state index is 11.6. The molecule has 0 aliphatic carbocycles. The Morgan fingerprint density at radius 2 is 2.25 bits per heavy atom. The van der Waals surface area contributed by atoms with Crippen LogP contribution in [0, 0.1) is 6.92 Å². The third-order valence-electron chi connectivity index (χ3n) is 2.51. The van der Waals surface area contributed by atoms with Gasteiger partial charge in [-0.3, -0.25) is 4.79 Å². The van der Waals surface area contributed by atoms with E-state index in [4.69, 9.17) is 16.3 Å². The molecule has 0 aromatic heterocycles. The third-order valence-corrected chi connectivity index (χ3v) is 2.91. The van der Waals surface area contributed by atoms with Gasteiger partial charge in [0.15, 0.2) is 6.61 Å². The van der Waals surface area contributed by atoms with Gasteiger partial charge in [0.05, 0.1) is 12.7 Å². The maximum Gasteiger partial charge on any atom is 0.341 e. The lowest BCUT2D eigenvalue weighted by Crippen LogP contribution is -2.06. The van der Waals surface area contributed by atoms with Crippen molar-refractivity contribution in [2.75, 3.05) is 13.7 Å². The van der Waals surface area contributed by atoms with Gasteiger partial charge in [-0.05, 0) is 18.6 Å². The highest BCUT2D eigenvalue weighted by Gasteiger charge is 2.30. The van der Waals surface area contributed by atoms with Crippen LogP contribution in [0.2, 0.25) is 5.02 Å². The van der Waals surface area contributed by atoms with Gasteiger partial charge in [0, 0.05) is 5.02 Å². The fourth-order valence-electron chi connectivity index (χ4n) is 1.65. The molecule has 4 nitrogen and oxygen atoms in total. The Balaban J connectivity index is 2.72. The molecule has 0 fully saturated rings. The van der Waals surface area contributed by atoms with Gasteiger partial charge in [0.1, 0.15) is 11.3 Å². The van der Waals surface area contributed by atoms with Gasteiger partial charge in [0.2, 0.25) is 5.78 Å². The summed E-state index contributed by atoms with van der Waals surface area (Å²) in [6.07, 6.45) is 0. The van der Waals surface area contributed by atoms with Crippen LogP contribution in [-0.4, -0.2) is 25.5 Å². The second-order valence-corrected chi connectivity index (χ2v) is 3.85. The number of methoxy groups -OCH3 is 1. The molecule has 2 rings (SSSR count). The van der Waals surface area contributed by atoms with Crippen LogP contribution in [0.3, 0.4) is 0 Å². The standard InChI is InChI=1S/C11H9ClO4/c1-5-7(12)3-6-8(13)4-16-10(6)9(5)11(14)15-2/h3H,4H2,1-2H3. The smallest absolute Gasteiger partial charge is 0.341 e. The molecule has 0 spiro atoms. The van der Waals surface area contributed by atoms with E-state index >= 15 is 0 Å². The summed E-state index contributed by atoms with van der Waals surface area (Å²) in [4.78, 5) is 23.0. The number of benzene rings is 1. The van der Waals surface area contributed by atoms with E-state index < -0.39 is 5.97 Å². The van der Waals surface area contributed by atoms with Crippen LogP contribution in [0.15, 0.2) is 6.07 Å². The van der Waals surface area contributed by atoms with Gasteiger partial charge in [-0.25, -0.2) is 4.79 Å². The Bertz CT molecular complexity index is 493. The van der Waals surface area contributed by atoms with Crippen molar-refractivity contribution < 1.29 is 19.1 Å². The summed E-state index contributed by atoms with van der Waals surface area (Å²) in [5, 5.41) is 0.359. The summed E-state index contributed by atoms with van der Waals surface area (Å²) in [6, 6.07) is 1.52. The molecule has 1 aliphatic heterocycles. The van der Waals surface area contributed by atoms with Crippen LogP contribution in [0.4, 0.5) is 0 Å². The Morgan fingerprint density at radius 3 is 2.88 bits per heavy atom. The first-order valence-electron chi connectivity index (χ1n) is 4.63. The van der Waals surface area contributed by atoms with Crippen molar-refractivity contribution in [3.63, 3.8) is 0 Å². The highest BCUT2D eigenvalue weighted by atomic mass is 35.5. The predicted molar refractivity (Wildman–Crippen MR) is 57.4 cm³/mol. The summed E-state index contributed by atoms with van der Waals surface area (Å²) in [5.74, 6) is -0.452. The molecule has 0 radical (unpaired) electrons. The largest absolute Gasteiger partial charge is 0.484 e. The van der Waals surface area contributed by atoms with Crippen LogP contribution in [0.5, 0.6) is 5.75 Å². The zero-order valence-electron chi connectivity index (χ0n) is 8.80. The average Bonchev–Trinajstić information content (AvgIpc) is 2.61. The van der Waals surface area contributed by atoms with Crippen LogP contribution in [-0.2, 0) is 4.74 Å². The average molecular weight is 241 g/mol. The number of fused-ring (bicyclic) bond motifs is 1. The number of halogens is 1. The lowest BCUT2D eigenvalue weighted by atomic mass is 10.0. The first-order chi connectivity index (χ1) is 7.56. The molecule has 1 aromatic carbocycles.